The lowest BCUT2D eigenvalue weighted by Gasteiger charge is -2.28. The maximum Gasteiger partial charge on any atom is 0.359 e. The fourth-order valence-corrected chi connectivity index (χ4v) is 9.42. The summed E-state index contributed by atoms with van der Waals surface area (Å²) in [6.45, 7) is -0.0746. The van der Waals surface area contributed by atoms with Gasteiger partial charge < -0.3 is 34.7 Å². The van der Waals surface area contributed by atoms with E-state index in [0.717, 1.165) is 32.4 Å². The Balaban J connectivity index is 1.07. The van der Waals surface area contributed by atoms with Crippen molar-refractivity contribution in [2.75, 3.05) is 18.6 Å². The third-order valence-electron chi connectivity index (χ3n) is 10.1. The van der Waals surface area contributed by atoms with Gasteiger partial charge in [0.15, 0.2) is 0 Å². The largest absolute Gasteiger partial charge is 0.497 e. The quantitative estimate of drug-likeness (QED) is 0.0920. The standard InChI is InChI=1S/C45H39N4O7PS/c1-55-34-20-18-31(19-21-34)43-42(48-44(51)38-25-33-24-35(22-23-37(33)47-38)57(53,54)56-28-29-10-3-2-4-11-29)45(52)49(39-16-7-8-17-40(39)58-43)27-41(50)46-26-32-14-9-13-30-12-5-6-15-36(30)32/h2-25,42-43,47H,26-28H2,1H3,(H,46,50)(H,48,51)(H,53,54)/t42-,43-/m1/s1. The summed E-state index contributed by atoms with van der Waals surface area (Å²) < 4.78 is 24.1. The first kappa shape index (κ1) is 38.7. The molecule has 1 aliphatic rings. The van der Waals surface area contributed by atoms with Crippen molar-refractivity contribution < 1.29 is 33.1 Å². The highest BCUT2D eigenvalue weighted by atomic mass is 32.2. The maximum atomic E-state index is 14.9. The molecule has 0 saturated heterocycles. The minimum atomic E-state index is -4.21. The summed E-state index contributed by atoms with van der Waals surface area (Å²) in [6.07, 6.45) is 0. The Morgan fingerprint density at radius 2 is 1.59 bits per heavy atom. The molecule has 13 heteroatoms. The second-order valence-electron chi connectivity index (χ2n) is 13.8. The molecule has 8 rings (SSSR count). The van der Waals surface area contributed by atoms with Crippen LogP contribution in [0.3, 0.4) is 0 Å². The molecule has 0 bridgehead atoms. The Kier molecular flexibility index (Phi) is 11.2. The number of methoxy groups -OCH3 is 1. The van der Waals surface area contributed by atoms with Gasteiger partial charge in [-0.3, -0.25) is 18.9 Å². The van der Waals surface area contributed by atoms with Crippen molar-refractivity contribution in [2.45, 2.75) is 29.3 Å². The van der Waals surface area contributed by atoms with Gasteiger partial charge in [0, 0.05) is 22.3 Å². The number of fused-ring (bicyclic) bond motifs is 3. The van der Waals surface area contributed by atoms with Gasteiger partial charge in [-0.15, -0.1) is 11.8 Å². The number of hydrogen-bond acceptors (Lipinski definition) is 7. The molecule has 0 aliphatic carbocycles. The number of carbonyl (C=O) groups excluding carboxylic acids is 3. The molecule has 1 aromatic heterocycles. The molecule has 6 aromatic carbocycles. The van der Waals surface area contributed by atoms with Crippen molar-refractivity contribution in [2.24, 2.45) is 0 Å². The molecule has 0 fully saturated rings. The number of carbonyl (C=O) groups is 3. The summed E-state index contributed by atoms with van der Waals surface area (Å²) in [6, 6.07) is 42.7. The average molecular weight is 811 g/mol. The molecular weight excluding hydrogens is 772 g/mol. The predicted molar refractivity (Wildman–Crippen MR) is 226 cm³/mol. The molecule has 0 radical (unpaired) electrons. The van der Waals surface area contributed by atoms with Crippen LogP contribution in [0.4, 0.5) is 5.69 Å². The summed E-state index contributed by atoms with van der Waals surface area (Å²) in [4.78, 5) is 58.9. The Labute approximate surface area is 338 Å². The van der Waals surface area contributed by atoms with Crippen molar-refractivity contribution in [3.8, 4) is 5.75 Å². The Morgan fingerprint density at radius 1 is 0.845 bits per heavy atom. The molecule has 1 unspecified atom stereocenters. The highest BCUT2D eigenvalue weighted by molar-refractivity contribution is 7.99. The number of H-pyrrole nitrogens is 1. The number of para-hydroxylation sites is 1. The van der Waals surface area contributed by atoms with Crippen LogP contribution in [-0.2, 0) is 31.8 Å². The first-order chi connectivity index (χ1) is 28.2. The zero-order valence-corrected chi connectivity index (χ0v) is 33.0. The van der Waals surface area contributed by atoms with E-state index < -0.39 is 30.7 Å². The smallest absolute Gasteiger partial charge is 0.359 e. The normalized spacial score (nSPS) is 16.3. The SMILES string of the molecule is COc1ccc([C@H]2Sc3ccccc3N(CC(=O)NCc3cccc4ccccc34)C(=O)[C@@H]2NC(=O)c2cc3cc(P(=O)(O)OCc4ccccc4)ccc3[nH]2)cc1. The van der Waals surface area contributed by atoms with Crippen LogP contribution in [0.2, 0.25) is 0 Å². The molecule has 7 aromatic rings. The van der Waals surface area contributed by atoms with E-state index >= 15 is 0 Å². The second-order valence-corrected chi connectivity index (χ2v) is 16.8. The molecule has 2 heterocycles. The van der Waals surface area contributed by atoms with E-state index in [9.17, 15) is 23.8 Å². The van der Waals surface area contributed by atoms with E-state index in [0.29, 0.717) is 22.3 Å². The molecule has 11 nitrogen and oxygen atoms in total. The minimum absolute atomic E-state index is 0.0526. The zero-order chi connectivity index (χ0) is 40.2. The van der Waals surface area contributed by atoms with Gasteiger partial charge in [-0.2, -0.15) is 0 Å². The van der Waals surface area contributed by atoms with E-state index in [1.165, 1.54) is 28.8 Å². The summed E-state index contributed by atoms with van der Waals surface area (Å²) >= 11 is 1.42. The number of hydrogen-bond donors (Lipinski definition) is 4. The van der Waals surface area contributed by atoms with Gasteiger partial charge in [0.1, 0.15) is 24.0 Å². The summed E-state index contributed by atoms with van der Waals surface area (Å²) in [5.41, 5.74) is 3.69. The fraction of sp³-hybridized carbons (Fsp3) is 0.133. The van der Waals surface area contributed by atoms with Crippen molar-refractivity contribution in [3.63, 3.8) is 0 Å². The van der Waals surface area contributed by atoms with E-state index in [1.807, 2.05) is 91.0 Å². The number of anilines is 1. The number of aromatic amines is 1. The van der Waals surface area contributed by atoms with E-state index in [2.05, 4.69) is 15.6 Å². The van der Waals surface area contributed by atoms with Crippen molar-refractivity contribution in [1.29, 1.82) is 0 Å². The number of amides is 3. The lowest BCUT2D eigenvalue weighted by molar-refractivity contribution is -0.124. The van der Waals surface area contributed by atoms with E-state index in [-0.39, 0.29) is 36.6 Å². The van der Waals surface area contributed by atoms with Gasteiger partial charge in [0.25, 0.3) is 11.8 Å². The van der Waals surface area contributed by atoms with Gasteiger partial charge in [0.05, 0.1) is 30.0 Å². The third kappa shape index (κ3) is 8.27. The van der Waals surface area contributed by atoms with Crippen molar-refractivity contribution >= 4 is 69.7 Å². The van der Waals surface area contributed by atoms with Gasteiger partial charge in [0.2, 0.25) is 5.91 Å². The lowest BCUT2D eigenvalue weighted by Crippen LogP contribution is -2.52. The second kappa shape index (κ2) is 16.7. The van der Waals surface area contributed by atoms with Crippen LogP contribution >= 0.6 is 19.4 Å². The molecular formula is C45H39N4O7PS. The first-order valence-electron chi connectivity index (χ1n) is 18.6. The van der Waals surface area contributed by atoms with Crippen LogP contribution in [0, 0.1) is 0 Å². The average Bonchev–Trinajstić information content (AvgIpc) is 3.66. The first-order valence-corrected chi connectivity index (χ1v) is 21.0. The fourth-order valence-electron chi connectivity index (χ4n) is 7.04. The Bertz CT molecular complexity index is 2680. The maximum absolute atomic E-state index is 14.9. The highest BCUT2D eigenvalue weighted by Crippen LogP contribution is 2.46. The van der Waals surface area contributed by atoms with Gasteiger partial charge >= 0.3 is 7.60 Å². The van der Waals surface area contributed by atoms with Crippen LogP contribution in [0.5, 0.6) is 5.75 Å². The number of benzene rings is 6. The van der Waals surface area contributed by atoms with Crippen LogP contribution in [0.15, 0.2) is 150 Å². The van der Waals surface area contributed by atoms with E-state index in [4.69, 9.17) is 9.26 Å². The summed E-state index contributed by atoms with van der Waals surface area (Å²) in [5, 5.41) is 8.04. The number of rotatable bonds is 12. The van der Waals surface area contributed by atoms with Crippen LogP contribution in [0.25, 0.3) is 21.7 Å². The third-order valence-corrected chi connectivity index (χ3v) is 12.9. The number of nitrogens with one attached hydrogen (secondary N) is 3. The summed E-state index contributed by atoms with van der Waals surface area (Å²) in [7, 11) is -2.64. The minimum Gasteiger partial charge on any atom is -0.497 e. The number of nitrogens with zero attached hydrogens (tertiary/aromatic N) is 1. The van der Waals surface area contributed by atoms with Crippen molar-refractivity contribution in [1.82, 2.24) is 15.6 Å². The van der Waals surface area contributed by atoms with Crippen LogP contribution < -0.4 is 25.6 Å². The lowest BCUT2D eigenvalue weighted by atomic mass is 10.0. The molecule has 0 saturated carbocycles. The summed E-state index contributed by atoms with van der Waals surface area (Å²) in [5.74, 6) is -0.778. The number of thioether (sulfide) groups is 1. The zero-order valence-electron chi connectivity index (χ0n) is 31.3. The molecule has 3 atom stereocenters. The Hall–Kier alpha value is -6.17. The molecule has 1 aliphatic heterocycles. The topological polar surface area (TPSA) is 150 Å². The highest BCUT2D eigenvalue weighted by Gasteiger charge is 2.40. The molecule has 292 valence electrons. The van der Waals surface area contributed by atoms with Gasteiger partial charge in [-0.25, -0.2) is 0 Å². The Morgan fingerprint density at radius 3 is 2.40 bits per heavy atom. The number of ether oxygens (including phenoxy) is 1. The van der Waals surface area contributed by atoms with Gasteiger partial charge in [-0.1, -0.05) is 97.1 Å². The molecule has 3 amide bonds. The van der Waals surface area contributed by atoms with E-state index in [1.54, 1.807) is 49.6 Å². The predicted octanol–water partition coefficient (Wildman–Crippen LogP) is 7.65. The monoisotopic (exact) mass is 810 g/mol. The molecule has 0 spiro atoms. The van der Waals surface area contributed by atoms with Crippen LogP contribution in [-0.4, -0.2) is 47.3 Å². The van der Waals surface area contributed by atoms with Crippen molar-refractivity contribution in [3.05, 3.63) is 168 Å². The molecule has 58 heavy (non-hydrogen) atoms. The molecule has 4 N–H and O–H groups in total. The van der Waals surface area contributed by atoms with Crippen LogP contribution in [0.1, 0.15) is 32.4 Å². The van der Waals surface area contributed by atoms with Gasteiger partial charge in [-0.05, 0) is 76.0 Å². The number of aromatic nitrogens is 1.